The molecule has 306 valence electrons. The lowest BCUT2D eigenvalue weighted by atomic mass is 10.0. The van der Waals surface area contributed by atoms with Crippen LogP contribution >= 0.6 is 7.82 Å². The summed E-state index contributed by atoms with van der Waals surface area (Å²) < 4.78 is 32.6. The number of rotatable bonds is 38. The van der Waals surface area contributed by atoms with Gasteiger partial charge in [0.15, 0.2) is 6.10 Å². The van der Waals surface area contributed by atoms with Gasteiger partial charge in [-0.15, -0.1) is 0 Å². The predicted octanol–water partition coefficient (Wildman–Crippen LogP) is 11.7. The molecule has 9 nitrogen and oxygen atoms in total. The van der Waals surface area contributed by atoms with Crippen molar-refractivity contribution in [2.24, 2.45) is 5.73 Å². The number of hydrogen-bond acceptors (Lipinski definition) is 8. The first kappa shape index (κ1) is 50.7. The largest absolute Gasteiger partial charge is 0.472 e. The molecule has 0 saturated heterocycles. The zero-order valence-electron chi connectivity index (χ0n) is 33.5. The fraction of sp³-hybridized carbons (Fsp3) is 0.721. The minimum atomic E-state index is -4.39. The van der Waals surface area contributed by atoms with Crippen molar-refractivity contribution in [3.05, 3.63) is 60.8 Å². The van der Waals surface area contributed by atoms with E-state index in [9.17, 15) is 19.0 Å². The number of carbonyl (C=O) groups excluding carboxylic acids is 2. The van der Waals surface area contributed by atoms with E-state index in [0.717, 1.165) is 44.9 Å². The summed E-state index contributed by atoms with van der Waals surface area (Å²) in [7, 11) is -4.39. The molecule has 3 N–H and O–H groups in total. The van der Waals surface area contributed by atoms with Gasteiger partial charge in [-0.05, 0) is 51.4 Å². The van der Waals surface area contributed by atoms with Crippen molar-refractivity contribution in [3.8, 4) is 0 Å². The molecule has 0 amide bonds. The molecule has 0 aromatic heterocycles. The average Bonchev–Trinajstić information content (AvgIpc) is 3.14. The molecule has 0 bridgehead atoms. The van der Waals surface area contributed by atoms with E-state index >= 15 is 0 Å². The van der Waals surface area contributed by atoms with Crippen LogP contribution in [-0.2, 0) is 32.7 Å². The van der Waals surface area contributed by atoms with Crippen LogP contribution in [0.4, 0.5) is 0 Å². The van der Waals surface area contributed by atoms with Crippen molar-refractivity contribution >= 4 is 19.8 Å². The highest BCUT2D eigenvalue weighted by Crippen LogP contribution is 2.43. The van der Waals surface area contributed by atoms with Crippen molar-refractivity contribution < 1.29 is 37.6 Å². The van der Waals surface area contributed by atoms with Crippen molar-refractivity contribution in [1.29, 1.82) is 0 Å². The summed E-state index contributed by atoms with van der Waals surface area (Å²) in [6, 6.07) is 0. The predicted molar refractivity (Wildman–Crippen MR) is 219 cm³/mol. The van der Waals surface area contributed by atoms with Crippen molar-refractivity contribution in [2.45, 2.75) is 174 Å². The molecular formula is C43H76NO8P. The summed E-state index contributed by atoms with van der Waals surface area (Å²) in [5.41, 5.74) is 5.33. The fourth-order valence-corrected chi connectivity index (χ4v) is 6.09. The van der Waals surface area contributed by atoms with Crippen LogP contribution in [0.1, 0.15) is 168 Å². The maximum Gasteiger partial charge on any atom is 0.472 e. The van der Waals surface area contributed by atoms with Gasteiger partial charge in [-0.1, -0.05) is 164 Å². The van der Waals surface area contributed by atoms with Crippen molar-refractivity contribution in [1.82, 2.24) is 0 Å². The Morgan fingerprint density at radius 3 is 1.53 bits per heavy atom. The lowest BCUT2D eigenvalue weighted by molar-refractivity contribution is -0.161. The minimum Gasteiger partial charge on any atom is -0.462 e. The molecule has 0 saturated carbocycles. The molecule has 0 spiro atoms. The van der Waals surface area contributed by atoms with Crippen LogP contribution in [-0.4, -0.2) is 49.3 Å². The van der Waals surface area contributed by atoms with E-state index in [1.54, 1.807) is 0 Å². The van der Waals surface area contributed by atoms with Gasteiger partial charge in [0.1, 0.15) is 6.61 Å². The van der Waals surface area contributed by atoms with Gasteiger partial charge in [0.25, 0.3) is 0 Å². The molecule has 0 rings (SSSR count). The topological polar surface area (TPSA) is 134 Å². The van der Waals surface area contributed by atoms with Crippen LogP contribution in [0.15, 0.2) is 60.8 Å². The van der Waals surface area contributed by atoms with E-state index in [-0.39, 0.29) is 32.6 Å². The summed E-state index contributed by atoms with van der Waals surface area (Å²) in [5, 5.41) is 0. The van der Waals surface area contributed by atoms with E-state index in [2.05, 4.69) is 62.5 Å². The Balaban J connectivity index is 4.32. The van der Waals surface area contributed by atoms with Crippen LogP contribution in [0.3, 0.4) is 0 Å². The maximum absolute atomic E-state index is 12.5. The van der Waals surface area contributed by atoms with Crippen LogP contribution in [0.5, 0.6) is 0 Å². The first-order chi connectivity index (χ1) is 25.8. The molecule has 10 heteroatoms. The molecule has 0 fully saturated rings. The summed E-state index contributed by atoms with van der Waals surface area (Å²) in [6.45, 7) is 3.61. The standard InChI is InChI=1S/C43H76NO8P/c1-3-5-7-9-11-13-15-17-18-19-20-21-22-24-26-28-30-32-34-36-43(46)52-41(40-51-53(47,48)50-38-37-44)39-49-42(45)35-33-31-29-27-25-23-16-14-12-10-8-6-4-2/h11,13,17-18,20-21,24,26,30,32,41H,3-10,12,14-16,19,22-23,25,27-29,31,33-40,44H2,1-2H3,(H,47,48). The van der Waals surface area contributed by atoms with Crippen molar-refractivity contribution in [3.63, 3.8) is 0 Å². The minimum absolute atomic E-state index is 0.0407. The Morgan fingerprint density at radius 1 is 0.566 bits per heavy atom. The Hall–Kier alpha value is -2.29. The molecule has 0 radical (unpaired) electrons. The molecule has 0 aliphatic heterocycles. The molecular weight excluding hydrogens is 689 g/mol. The van der Waals surface area contributed by atoms with Gasteiger partial charge >= 0.3 is 19.8 Å². The average molecular weight is 766 g/mol. The zero-order valence-corrected chi connectivity index (χ0v) is 34.4. The Morgan fingerprint density at radius 2 is 1.02 bits per heavy atom. The zero-order chi connectivity index (χ0) is 38.9. The van der Waals surface area contributed by atoms with Gasteiger partial charge in [0.05, 0.1) is 13.2 Å². The normalized spacial score (nSPS) is 14.0. The highest BCUT2D eigenvalue weighted by molar-refractivity contribution is 7.47. The van der Waals surface area contributed by atoms with Crippen LogP contribution in [0.2, 0.25) is 0 Å². The molecule has 0 aromatic carbocycles. The third kappa shape index (κ3) is 39.2. The number of hydrogen-bond donors (Lipinski definition) is 2. The van der Waals surface area contributed by atoms with E-state index in [4.69, 9.17) is 24.3 Å². The van der Waals surface area contributed by atoms with E-state index < -0.39 is 32.5 Å². The third-order valence-corrected chi connectivity index (χ3v) is 9.40. The monoisotopic (exact) mass is 766 g/mol. The Kier molecular flexibility index (Phi) is 37.7. The Bertz CT molecular complexity index is 1050. The second-order valence-electron chi connectivity index (χ2n) is 13.5. The molecule has 0 aliphatic carbocycles. The van der Waals surface area contributed by atoms with Crippen LogP contribution < -0.4 is 5.73 Å². The van der Waals surface area contributed by atoms with Gasteiger partial charge in [0.2, 0.25) is 0 Å². The first-order valence-corrected chi connectivity index (χ1v) is 22.3. The lowest BCUT2D eigenvalue weighted by Gasteiger charge is -2.19. The van der Waals surface area contributed by atoms with Crippen LogP contribution in [0.25, 0.3) is 0 Å². The summed E-state index contributed by atoms with van der Waals surface area (Å²) in [4.78, 5) is 34.7. The lowest BCUT2D eigenvalue weighted by Crippen LogP contribution is -2.29. The number of nitrogens with two attached hydrogens (primary N) is 1. The molecule has 2 atom stereocenters. The first-order valence-electron chi connectivity index (χ1n) is 20.8. The molecule has 2 unspecified atom stereocenters. The molecule has 0 aromatic rings. The smallest absolute Gasteiger partial charge is 0.462 e. The van der Waals surface area contributed by atoms with Gasteiger partial charge in [0, 0.05) is 19.4 Å². The number of allylic oxidation sites excluding steroid dienone is 10. The highest BCUT2D eigenvalue weighted by Gasteiger charge is 2.25. The number of unbranched alkanes of at least 4 members (excludes halogenated alkanes) is 15. The number of esters is 2. The second kappa shape index (κ2) is 39.4. The number of carbonyl (C=O) groups is 2. The van der Waals surface area contributed by atoms with Crippen LogP contribution in [0, 0.1) is 0 Å². The Labute approximate surface area is 323 Å². The van der Waals surface area contributed by atoms with Gasteiger partial charge < -0.3 is 20.1 Å². The van der Waals surface area contributed by atoms with E-state index in [1.165, 1.54) is 89.9 Å². The summed E-state index contributed by atoms with van der Waals surface area (Å²) in [6.07, 6.45) is 45.5. The highest BCUT2D eigenvalue weighted by atomic mass is 31.2. The number of ether oxygens (including phenoxy) is 2. The van der Waals surface area contributed by atoms with Gasteiger partial charge in [-0.2, -0.15) is 0 Å². The van der Waals surface area contributed by atoms with E-state index in [1.807, 2.05) is 12.2 Å². The van der Waals surface area contributed by atoms with Crippen molar-refractivity contribution in [2.75, 3.05) is 26.4 Å². The second-order valence-corrected chi connectivity index (χ2v) is 15.0. The summed E-state index contributed by atoms with van der Waals surface area (Å²) in [5.74, 6) is -0.926. The SMILES string of the molecule is CCCCCC=CCC=CCC=CCC=CCC=CCCC(=O)OC(COC(=O)CCCCCCCCCCCCCCC)COP(=O)(O)OCCN. The third-order valence-electron chi connectivity index (χ3n) is 8.42. The summed E-state index contributed by atoms with van der Waals surface area (Å²) >= 11 is 0. The van der Waals surface area contributed by atoms with Gasteiger partial charge in [-0.25, -0.2) is 4.57 Å². The molecule has 0 heterocycles. The quantitative estimate of drug-likeness (QED) is 0.0272. The number of phosphoric ester groups is 1. The number of phosphoric acid groups is 1. The maximum atomic E-state index is 12.5. The fourth-order valence-electron chi connectivity index (χ4n) is 5.32. The van der Waals surface area contributed by atoms with Gasteiger partial charge in [-0.3, -0.25) is 18.6 Å². The van der Waals surface area contributed by atoms with E-state index in [0.29, 0.717) is 6.42 Å². The molecule has 53 heavy (non-hydrogen) atoms. The molecule has 0 aliphatic rings.